The molecule has 3 N–H and O–H groups in total. The van der Waals surface area contributed by atoms with Crippen molar-refractivity contribution in [2.75, 3.05) is 19.8 Å². The van der Waals surface area contributed by atoms with Crippen LogP contribution in [0.15, 0.2) is 6.20 Å². The second-order valence-electron chi connectivity index (χ2n) is 3.77. The van der Waals surface area contributed by atoms with Crippen LogP contribution in [0.4, 0.5) is 0 Å². The van der Waals surface area contributed by atoms with Gasteiger partial charge in [0.1, 0.15) is 15.4 Å². The lowest BCUT2D eigenvalue weighted by Crippen LogP contribution is -2.37. The quantitative estimate of drug-likeness (QED) is 0.843. The van der Waals surface area contributed by atoms with Crippen molar-refractivity contribution in [3.63, 3.8) is 0 Å². The number of halogens is 1. The van der Waals surface area contributed by atoms with Gasteiger partial charge in [-0.25, -0.2) is 4.98 Å². The minimum Gasteiger partial charge on any atom is -0.385 e. The van der Waals surface area contributed by atoms with E-state index in [1.54, 1.807) is 6.20 Å². The molecular formula is C9H13ClN2O2S. The number of aliphatic hydroxyl groups excluding tert-OH is 1. The number of thiazole rings is 1. The van der Waals surface area contributed by atoms with E-state index in [4.69, 9.17) is 22.1 Å². The van der Waals surface area contributed by atoms with Crippen molar-refractivity contribution < 1.29 is 9.84 Å². The molecule has 0 bridgehead atoms. The minimum atomic E-state index is -0.678. The number of ether oxygens (including phenoxy) is 1. The van der Waals surface area contributed by atoms with Gasteiger partial charge in [-0.1, -0.05) is 11.6 Å². The van der Waals surface area contributed by atoms with Crippen LogP contribution in [-0.4, -0.2) is 29.8 Å². The zero-order valence-electron chi connectivity index (χ0n) is 8.15. The smallest absolute Gasteiger partial charge is 0.123 e. The average Bonchev–Trinajstić information content (AvgIpc) is 2.86. The topological polar surface area (TPSA) is 68.4 Å². The zero-order chi connectivity index (χ0) is 10.9. The fourth-order valence-electron chi connectivity index (χ4n) is 1.77. The molecule has 0 spiro atoms. The number of hydrogen-bond acceptors (Lipinski definition) is 5. The van der Waals surface area contributed by atoms with Crippen molar-refractivity contribution in [2.45, 2.75) is 12.5 Å². The molecule has 0 radical (unpaired) electrons. The Morgan fingerprint density at radius 1 is 1.80 bits per heavy atom. The normalized spacial score (nSPS) is 28.2. The monoisotopic (exact) mass is 248 g/mol. The second-order valence-corrected chi connectivity index (χ2v) is 5.47. The molecular weight excluding hydrogens is 236 g/mol. The Kier molecular flexibility index (Phi) is 3.27. The van der Waals surface area contributed by atoms with Gasteiger partial charge in [-0.3, -0.25) is 0 Å². The summed E-state index contributed by atoms with van der Waals surface area (Å²) < 4.78 is 5.88. The van der Waals surface area contributed by atoms with Crippen LogP contribution in [0.3, 0.4) is 0 Å². The lowest BCUT2D eigenvalue weighted by Gasteiger charge is -2.29. The van der Waals surface area contributed by atoms with Gasteiger partial charge in [0.2, 0.25) is 0 Å². The molecule has 2 unspecified atom stereocenters. The van der Waals surface area contributed by atoms with Crippen LogP contribution in [0.2, 0.25) is 4.34 Å². The second kappa shape index (κ2) is 4.35. The summed E-state index contributed by atoms with van der Waals surface area (Å²) in [6.07, 6.45) is 1.63. The van der Waals surface area contributed by atoms with E-state index in [2.05, 4.69) is 4.98 Å². The highest BCUT2D eigenvalue weighted by molar-refractivity contribution is 7.15. The predicted molar refractivity (Wildman–Crippen MR) is 59.0 cm³/mol. The third-order valence-corrected chi connectivity index (χ3v) is 4.02. The van der Waals surface area contributed by atoms with E-state index in [1.807, 2.05) is 0 Å². The average molecular weight is 249 g/mol. The van der Waals surface area contributed by atoms with Crippen molar-refractivity contribution in [1.29, 1.82) is 0 Å². The molecule has 1 saturated heterocycles. The van der Waals surface area contributed by atoms with Gasteiger partial charge in [-0.05, 0) is 6.42 Å². The van der Waals surface area contributed by atoms with Gasteiger partial charge < -0.3 is 15.6 Å². The van der Waals surface area contributed by atoms with Crippen LogP contribution in [0.5, 0.6) is 0 Å². The van der Waals surface area contributed by atoms with E-state index >= 15 is 0 Å². The van der Waals surface area contributed by atoms with Gasteiger partial charge in [-0.2, -0.15) is 0 Å². The van der Waals surface area contributed by atoms with Gasteiger partial charge in [0.15, 0.2) is 0 Å². The lowest BCUT2D eigenvalue weighted by atomic mass is 9.81. The molecule has 2 heterocycles. The summed E-state index contributed by atoms with van der Waals surface area (Å²) in [6.45, 7) is 1.53. The fraction of sp³-hybridized carbons (Fsp3) is 0.667. The van der Waals surface area contributed by atoms with E-state index in [1.165, 1.54) is 11.3 Å². The summed E-state index contributed by atoms with van der Waals surface area (Å²) >= 11 is 7.07. The molecule has 2 atom stereocenters. The summed E-state index contributed by atoms with van der Waals surface area (Å²) in [5.41, 5.74) is 5.33. The molecule has 0 aliphatic carbocycles. The number of aromatic nitrogens is 1. The summed E-state index contributed by atoms with van der Waals surface area (Å²) in [7, 11) is 0. The third-order valence-electron chi connectivity index (χ3n) is 2.85. The Morgan fingerprint density at radius 3 is 3.07 bits per heavy atom. The first kappa shape index (κ1) is 11.3. The number of hydrogen-bond donors (Lipinski definition) is 2. The van der Waals surface area contributed by atoms with E-state index in [0.29, 0.717) is 29.1 Å². The molecule has 1 aliphatic rings. The molecule has 1 aromatic rings. The number of nitrogens with zero attached hydrogens (tertiary/aromatic N) is 1. The molecule has 0 aromatic carbocycles. The molecule has 2 rings (SSSR count). The first-order valence-electron chi connectivity index (χ1n) is 4.75. The Morgan fingerprint density at radius 2 is 2.60 bits per heavy atom. The lowest BCUT2D eigenvalue weighted by molar-refractivity contribution is 0.0189. The largest absolute Gasteiger partial charge is 0.385 e. The number of rotatable bonds is 3. The third kappa shape index (κ3) is 2.03. The Labute approximate surface area is 97.0 Å². The molecule has 84 valence electrons. The maximum Gasteiger partial charge on any atom is 0.123 e. The van der Waals surface area contributed by atoms with E-state index in [9.17, 15) is 5.11 Å². The Hall–Kier alpha value is -0.200. The van der Waals surface area contributed by atoms with Crippen molar-refractivity contribution in [3.05, 3.63) is 15.5 Å². The van der Waals surface area contributed by atoms with Gasteiger partial charge in [0, 0.05) is 18.6 Å². The predicted octanol–water partition coefficient (Wildman–Crippen LogP) is 1.20. The first-order valence-corrected chi connectivity index (χ1v) is 5.94. The molecule has 0 saturated carbocycles. The Balaban J connectivity index is 2.21. The highest BCUT2D eigenvalue weighted by Crippen LogP contribution is 2.41. The molecule has 15 heavy (non-hydrogen) atoms. The first-order chi connectivity index (χ1) is 7.18. The van der Waals surface area contributed by atoms with Crippen LogP contribution in [-0.2, 0) is 4.74 Å². The minimum absolute atomic E-state index is 0.388. The number of nitrogens with two attached hydrogens (primary N) is 1. The zero-order valence-corrected chi connectivity index (χ0v) is 9.72. The Bertz CT molecular complexity index is 339. The van der Waals surface area contributed by atoms with Crippen molar-refractivity contribution in [2.24, 2.45) is 11.1 Å². The van der Waals surface area contributed by atoms with Crippen molar-refractivity contribution >= 4 is 22.9 Å². The van der Waals surface area contributed by atoms with Crippen LogP contribution in [0, 0.1) is 5.41 Å². The van der Waals surface area contributed by atoms with Crippen LogP contribution in [0.25, 0.3) is 0 Å². The van der Waals surface area contributed by atoms with Crippen molar-refractivity contribution in [1.82, 2.24) is 4.98 Å². The van der Waals surface area contributed by atoms with E-state index in [-0.39, 0.29) is 5.41 Å². The summed E-state index contributed by atoms with van der Waals surface area (Å²) in [5, 5.41) is 10.8. The molecule has 1 aliphatic heterocycles. The highest BCUT2D eigenvalue weighted by Gasteiger charge is 2.42. The van der Waals surface area contributed by atoms with Crippen LogP contribution < -0.4 is 5.73 Å². The van der Waals surface area contributed by atoms with Gasteiger partial charge in [0.05, 0.1) is 12.8 Å². The van der Waals surface area contributed by atoms with Gasteiger partial charge >= 0.3 is 0 Å². The van der Waals surface area contributed by atoms with Gasteiger partial charge in [0.25, 0.3) is 0 Å². The number of aliphatic hydroxyl groups is 1. The van der Waals surface area contributed by atoms with E-state index < -0.39 is 6.10 Å². The maximum absolute atomic E-state index is 10.2. The summed E-state index contributed by atoms with van der Waals surface area (Å²) in [6, 6.07) is 0. The summed E-state index contributed by atoms with van der Waals surface area (Å²) in [4.78, 5) is 4.08. The standard InChI is InChI=1S/C9H13ClN2O2S/c10-6-3-12-8(15-6)7(13)9(4-11)1-2-14-5-9/h3,7,13H,1-2,4-5,11H2. The molecule has 0 amide bonds. The molecule has 4 nitrogen and oxygen atoms in total. The summed E-state index contributed by atoms with van der Waals surface area (Å²) in [5.74, 6) is 0. The maximum atomic E-state index is 10.2. The van der Waals surface area contributed by atoms with Crippen LogP contribution in [0.1, 0.15) is 17.5 Å². The van der Waals surface area contributed by atoms with Crippen molar-refractivity contribution in [3.8, 4) is 0 Å². The SMILES string of the molecule is NCC1(C(O)c2ncc(Cl)s2)CCOC1. The van der Waals surface area contributed by atoms with E-state index in [0.717, 1.165) is 6.42 Å². The molecule has 1 aromatic heterocycles. The fourth-order valence-corrected chi connectivity index (χ4v) is 2.82. The van der Waals surface area contributed by atoms with Gasteiger partial charge in [-0.15, -0.1) is 11.3 Å². The highest BCUT2D eigenvalue weighted by atomic mass is 35.5. The molecule has 6 heteroatoms. The molecule has 1 fully saturated rings. The van der Waals surface area contributed by atoms with Crippen LogP contribution >= 0.6 is 22.9 Å².